The minimum atomic E-state index is -0.222. The Labute approximate surface area is 144 Å². The van der Waals surface area contributed by atoms with Crippen molar-refractivity contribution >= 4 is 23.6 Å². The lowest BCUT2D eigenvalue weighted by Gasteiger charge is -2.37. The van der Waals surface area contributed by atoms with E-state index >= 15 is 0 Å². The second-order valence-corrected chi connectivity index (χ2v) is 8.33. The molecule has 0 aliphatic carbocycles. The summed E-state index contributed by atoms with van der Waals surface area (Å²) in [6.07, 6.45) is 4.22. The summed E-state index contributed by atoms with van der Waals surface area (Å²) in [5.74, 6) is 0.738. The maximum absolute atomic E-state index is 12.1. The van der Waals surface area contributed by atoms with Crippen molar-refractivity contribution in [3.63, 3.8) is 0 Å². The number of ether oxygens (including phenoxy) is 1. The van der Waals surface area contributed by atoms with Crippen LogP contribution in [0, 0.1) is 0 Å². The highest BCUT2D eigenvalue weighted by molar-refractivity contribution is 8.00. The highest BCUT2D eigenvalue weighted by Gasteiger charge is 2.32. The van der Waals surface area contributed by atoms with Crippen molar-refractivity contribution in [1.29, 1.82) is 0 Å². The van der Waals surface area contributed by atoms with Crippen molar-refractivity contribution < 1.29 is 9.53 Å². The Morgan fingerprint density at radius 1 is 1.35 bits per heavy atom. The number of guanidine groups is 1. The SMILES string of the molecule is CN=C(NCC1(SC)CCOCC1)N(C)CC(=O)NC(C)(C)C. The summed E-state index contributed by atoms with van der Waals surface area (Å²) in [5, 5.41) is 6.39. The number of likely N-dealkylation sites (N-methyl/N-ethyl adjacent to an activating group) is 1. The normalized spacial score (nSPS) is 18.4. The molecule has 0 atom stereocenters. The van der Waals surface area contributed by atoms with Crippen molar-refractivity contribution in [2.45, 2.75) is 43.9 Å². The number of hydrogen-bond donors (Lipinski definition) is 2. The van der Waals surface area contributed by atoms with Gasteiger partial charge in [0.2, 0.25) is 5.91 Å². The van der Waals surface area contributed by atoms with Crippen LogP contribution in [0.5, 0.6) is 0 Å². The van der Waals surface area contributed by atoms with Crippen molar-refractivity contribution in [3.8, 4) is 0 Å². The zero-order chi connectivity index (χ0) is 17.5. The van der Waals surface area contributed by atoms with E-state index in [1.807, 2.05) is 44.5 Å². The molecule has 1 saturated heterocycles. The molecule has 1 heterocycles. The lowest BCUT2D eigenvalue weighted by atomic mass is 9.99. The molecule has 1 fully saturated rings. The fourth-order valence-corrected chi connectivity index (χ4v) is 3.36. The maximum atomic E-state index is 12.1. The molecule has 0 aromatic rings. The third kappa shape index (κ3) is 6.99. The van der Waals surface area contributed by atoms with E-state index in [1.54, 1.807) is 7.05 Å². The number of amides is 1. The number of aliphatic imine (C=N–C) groups is 1. The van der Waals surface area contributed by atoms with Gasteiger partial charge < -0.3 is 20.3 Å². The number of thioether (sulfide) groups is 1. The second-order valence-electron chi connectivity index (χ2n) is 7.05. The van der Waals surface area contributed by atoms with E-state index in [1.165, 1.54) is 0 Å². The van der Waals surface area contributed by atoms with E-state index in [0.717, 1.165) is 38.6 Å². The molecule has 0 aromatic carbocycles. The molecule has 0 aromatic heterocycles. The molecule has 0 bridgehead atoms. The van der Waals surface area contributed by atoms with Gasteiger partial charge in [-0.25, -0.2) is 0 Å². The highest BCUT2D eigenvalue weighted by atomic mass is 32.2. The zero-order valence-corrected chi connectivity index (χ0v) is 16.2. The minimum Gasteiger partial charge on any atom is -0.381 e. The van der Waals surface area contributed by atoms with Crippen molar-refractivity contribution in [3.05, 3.63) is 0 Å². The Kier molecular flexibility index (Phi) is 7.67. The third-order valence-electron chi connectivity index (χ3n) is 3.87. The van der Waals surface area contributed by atoms with Gasteiger partial charge in [0.15, 0.2) is 5.96 Å². The average Bonchev–Trinajstić information content (AvgIpc) is 2.46. The monoisotopic (exact) mass is 344 g/mol. The summed E-state index contributed by atoms with van der Waals surface area (Å²) in [6.45, 7) is 8.67. The summed E-state index contributed by atoms with van der Waals surface area (Å²) in [5.41, 5.74) is -0.222. The largest absolute Gasteiger partial charge is 0.381 e. The van der Waals surface area contributed by atoms with Gasteiger partial charge in [0.1, 0.15) is 0 Å². The van der Waals surface area contributed by atoms with Crippen LogP contribution in [0.4, 0.5) is 0 Å². The number of carbonyl (C=O) groups is 1. The lowest BCUT2D eigenvalue weighted by Crippen LogP contribution is -2.51. The molecule has 6 nitrogen and oxygen atoms in total. The minimum absolute atomic E-state index is 0.00593. The van der Waals surface area contributed by atoms with Crippen molar-refractivity contribution in [2.24, 2.45) is 4.99 Å². The van der Waals surface area contributed by atoms with Gasteiger partial charge in [-0.15, -0.1) is 0 Å². The van der Waals surface area contributed by atoms with E-state index < -0.39 is 0 Å². The van der Waals surface area contributed by atoms with Crippen molar-refractivity contribution in [2.75, 3.05) is 46.7 Å². The first-order valence-corrected chi connectivity index (χ1v) is 9.29. The van der Waals surface area contributed by atoms with E-state index in [-0.39, 0.29) is 22.7 Å². The van der Waals surface area contributed by atoms with E-state index in [0.29, 0.717) is 0 Å². The predicted octanol–water partition coefficient (Wildman–Crippen LogP) is 1.32. The van der Waals surface area contributed by atoms with Gasteiger partial charge in [0.25, 0.3) is 0 Å². The van der Waals surface area contributed by atoms with E-state index in [4.69, 9.17) is 4.74 Å². The fraction of sp³-hybridized carbons (Fsp3) is 0.875. The Bertz CT molecular complexity index is 415. The molecule has 1 aliphatic heterocycles. The molecule has 1 aliphatic rings. The zero-order valence-electron chi connectivity index (χ0n) is 15.4. The van der Waals surface area contributed by atoms with Gasteiger partial charge in [-0.1, -0.05) is 0 Å². The number of nitrogens with zero attached hydrogens (tertiary/aromatic N) is 2. The summed E-state index contributed by atoms with van der Waals surface area (Å²) in [4.78, 5) is 18.2. The van der Waals surface area contributed by atoms with Gasteiger partial charge in [-0.3, -0.25) is 9.79 Å². The van der Waals surface area contributed by atoms with Gasteiger partial charge in [0.05, 0.1) is 6.54 Å². The number of rotatable bonds is 5. The summed E-state index contributed by atoms with van der Waals surface area (Å²) < 4.78 is 5.65. The van der Waals surface area contributed by atoms with Crippen LogP contribution in [0.1, 0.15) is 33.6 Å². The van der Waals surface area contributed by atoms with Crippen molar-refractivity contribution in [1.82, 2.24) is 15.5 Å². The molecule has 1 amide bonds. The Morgan fingerprint density at radius 3 is 2.43 bits per heavy atom. The fourth-order valence-electron chi connectivity index (χ4n) is 2.57. The molecule has 2 N–H and O–H groups in total. The van der Waals surface area contributed by atoms with Gasteiger partial charge >= 0.3 is 0 Å². The highest BCUT2D eigenvalue weighted by Crippen LogP contribution is 2.32. The molecule has 7 heteroatoms. The summed E-state index contributed by atoms with van der Waals surface area (Å²) >= 11 is 1.88. The molecule has 0 saturated carbocycles. The van der Waals surface area contributed by atoms with Crippen LogP contribution in [0.25, 0.3) is 0 Å². The number of carbonyl (C=O) groups excluding carboxylic acids is 1. The first kappa shape index (κ1) is 20.1. The van der Waals surface area contributed by atoms with Crippen LogP contribution >= 0.6 is 11.8 Å². The average molecular weight is 345 g/mol. The lowest BCUT2D eigenvalue weighted by molar-refractivity contribution is -0.122. The van der Waals surface area contributed by atoms with E-state index in [2.05, 4.69) is 21.9 Å². The topological polar surface area (TPSA) is 66.0 Å². The van der Waals surface area contributed by atoms with Gasteiger partial charge in [-0.2, -0.15) is 11.8 Å². The predicted molar refractivity (Wildman–Crippen MR) is 98.2 cm³/mol. The van der Waals surface area contributed by atoms with Gasteiger partial charge in [-0.05, 0) is 39.9 Å². The van der Waals surface area contributed by atoms with E-state index in [9.17, 15) is 4.79 Å². The first-order chi connectivity index (χ1) is 10.7. The van der Waals surface area contributed by atoms with Gasteiger partial charge in [0, 0.05) is 44.1 Å². The third-order valence-corrected chi connectivity index (χ3v) is 5.29. The molecule has 23 heavy (non-hydrogen) atoms. The first-order valence-electron chi connectivity index (χ1n) is 8.07. The van der Waals surface area contributed by atoms with Crippen LogP contribution in [0.3, 0.4) is 0 Å². The summed E-state index contributed by atoms with van der Waals surface area (Å²) in [6, 6.07) is 0. The number of nitrogens with one attached hydrogen (secondary N) is 2. The van der Waals surface area contributed by atoms with Crippen LogP contribution in [0.2, 0.25) is 0 Å². The molecule has 1 rings (SSSR count). The standard InChI is InChI=1S/C16H32N4O2S/c1-15(2,3)19-13(21)11-20(5)14(17-4)18-12-16(23-6)7-9-22-10-8-16/h7-12H2,1-6H3,(H,17,18)(H,19,21). The molecule has 0 spiro atoms. The quantitative estimate of drug-likeness (QED) is 0.582. The van der Waals surface area contributed by atoms with Crippen LogP contribution in [-0.4, -0.2) is 73.7 Å². The van der Waals surface area contributed by atoms with Crippen LogP contribution in [-0.2, 0) is 9.53 Å². The molecule has 134 valence electrons. The maximum Gasteiger partial charge on any atom is 0.240 e. The summed E-state index contributed by atoms with van der Waals surface area (Å²) in [7, 11) is 3.63. The smallest absolute Gasteiger partial charge is 0.240 e. The molecular weight excluding hydrogens is 312 g/mol. The number of hydrogen-bond acceptors (Lipinski definition) is 4. The Hall–Kier alpha value is -0.950. The Morgan fingerprint density at radius 2 is 1.96 bits per heavy atom. The molecule has 0 unspecified atom stereocenters. The second kappa shape index (κ2) is 8.78. The van der Waals surface area contributed by atoms with Crippen LogP contribution in [0.15, 0.2) is 4.99 Å². The Balaban J connectivity index is 2.54. The molecular formula is C16H32N4O2S. The van der Waals surface area contributed by atoms with Crippen LogP contribution < -0.4 is 10.6 Å². The molecule has 0 radical (unpaired) electrons.